The lowest BCUT2D eigenvalue weighted by Crippen LogP contribution is -2.39. The predicted molar refractivity (Wildman–Crippen MR) is 125 cm³/mol. The molecule has 0 bridgehead atoms. The van der Waals surface area contributed by atoms with Crippen molar-refractivity contribution in [3.05, 3.63) is 65.5 Å². The van der Waals surface area contributed by atoms with Crippen LogP contribution in [-0.4, -0.2) is 47.3 Å². The summed E-state index contributed by atoms with van der Waals surface area (Å²) in [6.45, 7) is 4.01. The van der Waals surface area contributed by atoms with E-state index >= 15 is 0 Å². The summed E-state index contributed by atoms with van der Waals surface area (Å²) < 4.78 is 41.9. The Morgan fingerprint density at radius 1 is 1.15 bits per heavy atom. The molecule has 1 aliphatic heterocycles. The van der Waals surface area contributed by atoms with Crippen LogP contribution in [0.2, 0.25) is 0 Å². The van der Waals surface area contributed by atoms with Crippen molar-refractivity contribution in [1.29, 1.82) is 0 Å². The molecule has 5 rings (SSSR count). The summed E-state index contributed by atoms with van der Waals surface area (Å²) in [5.74, 6) is 0.438. The van der Waals surface area contributed by atoms with E-state index in [1.54, 1.807) is 11.6 Å². The van der Waals surface area contributed by atoms with Crippen LogP contribution in [0, 0.1) is 18.6 Å². The zero-order valence-corrected chi connectivity index (χ0v) is 19.1. The molecule has 5 nitrogen and oxygen atoms in total. The van der Waals surface area contributed by atoms with Crippen molar-refractivity contribution in [2.45, 2.75) is 25.9 Å². The number of fused-ring (bicyclic) bond motifs is 4. The SMILES string of the molecule is Cc1ccc2c3c(ccc2n1)OCC(CN(C)CCCc1cn(C)c2c(F)cc(F)cc12)O3. The molecule has 1 unspecified atom stereocenters. The van der Waals surface area contributed by atoms with Gasteiger partial charge in [-0.15, -0.1) is 0 Å². The number of pyridine rings is 1. The molecule has 0 N–H and O–H groups in total. The first-order valence-corrected chi connectivity index (χ1v) is 11.2. The topological polar surface area (TPSA) is 39.5 Å². The smallest absolute Gasteiger partial charge is 0.171 e. The molecule has 0 fully saturated rings. The number of halogens is 2. The fourth-order valence-electron chi connectivity index (χ4n) is 4.68. The molecule has 0 radical (unpaired) electrons. The normalized spacial score (nSPS) is 15.6. The maximum Gasteiger partial charge on any atom is 0.171 e. The summed E-state index contributed by atoms with van der Waals surface area (Å²) in [5.41, 5.74) is 3.27. The third kappa shape index (κ3) is 4.25. The highest BCUT2D eigenvalue weighted by molar-refractivity contribution is 5.88. The minimum Gasteiger partial charge on any atom is -0.486 e. The predicted octanol–water partition coefficient (Wildman–Crippen LogP) is 5.02. The summed E-state index contributed by atoms with van der Waals surface area (Å²) >= 11 is 0. The van der Waals surface area contributed by atoms with Gasteiger partial charge in [0.05, 0.1) is 11.0 Å². The van der Waals surface area contributed by atoms with E-state index in [0.717, 1.165) is 59.1 Å². The lowest BCUT2D eigenvalue weighted by atomic mass is 10.1. The number of hydrogen-bond donors (Lipinski definition) is 0. The minimum absolute atomic E-state index is 0.0878. The Morgan fingerprint density at radius 2 is 2.00 bits per heavy atom. The Balaban J connectivity index is 1.21. The van der Waals surface area contributed by atoms with Gasteiger partial charge in [-0.1, -0.05) is 0 Å². The quantitative estimate of drug-likeness (QED) is 0.413. The fraction of sp³-hybridized carbons (Fsp3) is 0.346. The molecular weight excluding hydrogens is 424 g/mol. The fourth-order valence-corrected chi connectivity index (χ4v) is 4.68. The standard InChI is InChI=1S/C26H27F2N3O2/c1-16-6-7-20-23(29-16)8-9-24-26(20)33-19(15-32-24)14-30(2)10-4-5-17-13-31(3)25-21(17)11-18(27)12-22(25)28/h6-9,11-13,19H,4-5,10,14-15H2,1-3H3. The van der Waals surface area contributed by atoms with Crippen molar-refractivity contribution in [3.8, 4) is 11.5 Å². The molecular formula is C26H27F2N3O2. The number of ether oxygens (including phenoxy) is 2. The second kappa shape index (κ2) is 8.63. The average Bonchev–Trinajstić information content (AvgIpc) is 3.08. The van der Waals surface area contributed by atoms with Gasteiger partial charge in [0.25, 0.3) is 0 Å². The van der Waals surface area contributed by atoms with Gasteiger partial charge in [0.15, 0.2) is 11.5 Å². The first-order valence-electron chi connectivity index (χ1n) is 11.2. The number of aryl methyl sites for hydroxylation is 3. The van der Waals surface area contributed by atoms with Crippen LogP contribution in [0.4, 0.5) is 8.78 Å². The van der Waals surface area contributed by atoms with Crippen molar-refractivity contribution < 1.29 is 18.3 Å². The van der Waals surface area contributed by atoms with Crippen LogP contribution in [0.15, 0.2) is 42.6 Å². The first-order chi connectivity index (χ1) is 15.9. The molecule has 7 heteroatoms. The Kier molecular flexibility index (Phi) is 5.66. The Labute approximate surface area is 191 Å². The molecule has 0 saturated carbocycles. The number of hydrogen-bond acceptors (Lipinski definition) is 4. The van der Waals surface area contributed by atoms with Crippen molar-refractivity contribution in [2.75, 3.05) is 26.7 Å². The molecule has 33 heavy (non-hydrogen) atoms. The summed E-state index contributed by atoms with van der Waals surface area (Å²) in [6.07, 6.45) is 3.41. The van der Waals surface area contributed by atoms with Crippen LogP contribution < -0.4 is 9.47 Å². The van der Waals surface area contributed by atoms with Gasteiger partial charge in [-0.25, -0.2) is 8.78 Å². The van der Waals surface area contributed by atoms with E-state index in [9.17, 15) is 8.78 Å². The minimum atomic E-state index is -0.544. The van der Waals surface area contributed by atoms with Crippen molar-refractivity contribution in [2.24, 2.45) is 7.05 Å². The maximum absolute atomic E-state index is 14.2. The first kappa shape index (κ1) is 21.6. The summed E-state index contributed by atoms with van der Waals surface area (Å²) in [7, 11) is 3.84. The molecule has 2 aromatic heterocycles. The molecule has 1 aliphatic rings. The van der Waals surface area contributed by atoms with Gasteiger partial charge in [-0.3, -0.25) is 4.98 Å². The number of likely N-dealkylation sites (N-methyl/N-ethyl adjacent to an activating group) is 1. The van der Waals surface area contributed by atoms with Gasteiger partial charge < -0.3 is 18.9 Å². The van der Waals surface area contributed by atoms with E-state index in [-0.39, 0.29) is 6.10 Å². The molecule has 4 aromatic rings. The van der Waals surface area contributed by atoms with Crippen LogP contribution in [0.1, 0.15) is 17.7 Å². The average molecular weight is 452 g/mol. The van der Waals surface area contributed by atoms with E-state index in [4.69, 9.17) is 9.47 Å². The van der Waals surface area contributed by atoms with Crippen molar-refractivity contribution >= 4 is 21.8 Å². The molecule has 0 aliphatic carbocycles. The maximum atomic E-state index is 14.2. The van der Waals surface area contributed by atoms with Gasteiger partial charge in [0.1, 0.15) is 24.3 Å². The summed E-state index contributed by atoms with van der Waals surface area (Å²) in [6, 6.07) is 10.2. The van der Waals surface area contributed by atoms with Gasteiger partial charge in [0, 0.05) is 42.3 Å². The summed E-state index contributed by atoms with van der Waals surface area (Å²) in [4.78, 5) is 6.79. The number of aromatic nitrogens is 2. The second-order valence-electron chi connectivity index (χ2n) is 8.88. The molecule has 0 spiro atoms. The van der Waals surface area contributed by atoms with E-state index in [1.165, 1.54) is 6.07 Å². The zero-order chi connectivity index (χ0) is 23.1. The van der Waals surface area contributed by atoms with E-state index in [2.05, 4.69) is 16.9 Å². The van der Waals surface area contributed by atoms with Crippen LogP contribution in [-0.2, 0) is 13.5 Å². The van der Waals surface area contributed by atoms with Crippen molar-refractivity contribution in [1.82, 2.24) is 14.5 Å². The van der Waals surface area contributed by atoms with Gasteiger partial charge in [0.2, 0.25) is 0 Å². The summed E-state index contributed by atoms with van der Waals surface area (Å²) in [5, 5.41) is 1.61. The zero-order valence-electron chi connectivity index (χ0n) is 19.1. The van der Waals surface area contributed by atoms with Crippen LogP contribution in [0.3, 0.4) is 0 Å². The highest BCUT2D eigenvalue weighted by atomic mass is 19.1. The van der Waals surface area contributed by atoms with Crippen LogP contribution in [0.25, 0.3) is 21.8 Å². The van der Waals surface area contributed by atoms with Crippen molar-refractivity contribution in [3.63, 3.8) is 0 Å². The molecule has 1 atom stereocenters. The molecule has 3 heterocycles. The number of benzene rings is 2. The monoisotopic (exact) mass is 451 g/mol. The lowest BCUT2D eigenvalue weighted by Gasteiger charge is -2.30. The Morgan fingerprint density at radius 3 is 2.85 bits per heavy atom. The largest absolute Gasteiger partial charge is 0.486 e. The molecule has 172 valence electrons. The Bertz CT molecular complexity index is 1330. The van der Waals surface area contributed by atoms with Gasteiger partial charge in [-0.05, 0) is 69.3 Å². The van der Waals surface area contributed by atoms with Crippen LogP contribution >= 0.6 is 0 Å². The van der Waals surface area contributed by atoms with Gasteiger partial charge in [-0.2, -0.15) is 0 Å². The van der Waals surface area contributed by atoms with Gasteiger partial charge >= 0.3 is 0 Å². The van der Waals surface area contributed by atoms with E-state index in [1.807, 2.05) is 37.4 Å². The van der Waals surface area contributed by atoms with E-state index in [0.29, 0.717) is 24.1 Å². The highest BCUT2D eigenvalue weighted by Crippen LogP contribution is 2.38. The third-order valence-corrected chi connectivity index (χ3v) is 6.21. The Hall–Kier alpha value is -3.19. The third-order valence-electron chi connectivity index (χ3n) is 6.21. The second-order valence-corrected chi connectivity index (χ2v) is 8.88. The van der Waals surface area contributed by atoms with E-state index < -0.39 is 11.6 Å². The molecule has 2 aromatic carbocycles. The van der Waals surface area contributed by atoms with Crippen LogP contribution in [0.5, 0.6) is 11.5 Å². The molecule has 0 saturated heterocycles. The lowest BCUT2D eigenvalue weighted by molar-refractivity contribution is 0.0670. The highest BCUT2D eigenvalue weighted by Gasteiger charge is 2.24. The molecule has 0 amide bonds. The number of rotatable bonds is 6. The number of nitrogens with zero attached hydrogens (tertiary/aromatic N) is 3.